The van der Waals surface area contributed by atoms with Gasteiger partial charge in [-0.2, -0.15) is 0 Å². The molecule has 0 spiro atoms. The third-order valence-electron chi connectivity index (χ3n) is 4.06. The number of aromatic nitrogens is 1. The molecule has 0 bridgehead atoms. The van der Waals surface area contributed by atoms with Crippen molar-refractivity contribution < 1.29 is 17.6 Å². The fourth-order valence-electron chi connectivity index (χ4n) is 2.51. The summed E-state index contributed by atoms with van der Waals surface area (Å²) in [7, 11) is -0.603. The summed E-state index contributed by atoms with van der Waals surface area (Å²) >= 11 is 1.15. The van der Waals surface area contributed by atoms with Crippen molar-refractivity contribution in [1.82, 2.24) is 9.29 Å². The number of fused-ring (bicyclic) bond motifs is 1. The lowest BCUT2D eigenvalue weighted by Gasteiger charge is -2.10. The second-order valence-corrected chi connectivity index (χ2v) is 9.37. The van der Waals surface area contributed by atoms with Crippen LogP contribution in [0.4, 0.5) is 5.69 Å². The number of anilines is 1. The van der Waals surface area contributed by atoms with E-state index in [4.69, 9.17) is 4.42 Å². The average Bonchev–Trinajstić information content (AvgIpc) is 3.08. The largest absolute Gasteiger partial charge is 0.431 e. The summed E-state index contributed by atoms with van der Waals surface area (Å²) in [5.74, 6) is -0.0390. The molecule has 0 aliphatic carbocycles. The molecule has 0 aliphatic rings. The first-order valence-corrected chi connectivity index (χ1v) is 11.1. The van der Waals surface area contributed by atoms with Crippen LogP contribution >= 0.6 is 11.8 Å². The molecule has 28 heavy (non-hydrogen) atoms. The number of aryl methyl sites for hydroxylation is 1. The van der Waals surface area contributed by atoms with Gasteiger partial charge in [-0.05, 0) is 42.3 Å². The Morgan fingerprint density at radius 1 is 1.21 bits per heavy atom. The van der Waals surface area contributed by atoms with Gasteiger partial charge in [0.25, 0.3) is 5.22 Å². The number of amides is 1. The highest BCUT2D eigenvalue weighted by Gasteiger charge is 2.19. The van der Waals surface area contributed by atoms with Gasteiger partial charge in [-0.1, -0.05) is 30.8 Å². The maximum Gasteiger partial charge on any atom is 0.257 e. The third-order valence-corrected chi connectivity index (χ3v) is 6.70. The lowest BCUT2D eigenvalue weighted by atomic mass is 10.1. The molecule has 1 amide bonds. The van der Waals surface area contributed by atoms with E-state index in [-0.39, 0.29) is 16.6 Å². The summed E-state index contributed by atoms with van der Waals surface area (Å²) in [6.07, 6.45) is 0.896. The molecule has 0 atom stereocenters. The Bertz CT molecular complexity index is 1110. The van der Waals surface area contributed by atoms with Crippen molar-refractivity contribution in [3.05, 3.63) is 48.0 Å². The van der Waals surface area contributed by atoms with Crippen LogP contribution < -0.4 is 5.32 Å². The van der Waals surface area contributed by atoms with Crippen LogP contribution in [0.1, 0.15) is 12.5 Å². The van der Waals surface area contributed by atoms with Gasteiger partial charge in [-0.3, -0.25) is 4.79 Å². The summed E-state index contributed by atoms with van der Waals surface area (Å²) in [6.45, 7) is 2.05. The molecule has 1 heterocycles. The lowest BCUT2D eigenvalue weighted by Crippen LogP contribution is -2.22. The number of oxazole rings is 1. The summed E-state index contributed by atoms with van der Waals surface area (Å²) in [4.78, 5) is 16.6. The highest BCUT2D eigenvalue weighted by atomic mass is 32.2. The Kier molecular flexibility index (Phi) is 6.07. The number of nitrogens with one attached hydrogen (secondary N) is 1. The standard InChI is InChI=1S/C19H21N3O4S2/c1-4-13-6-5-7-14(10-13)20-18(23)12-27-19-21-16-11-15(8-9-17(16)26-19)28(24,25)22(2)3/h5-11H,4,12H2,1-3H3,(H,20,23). The van der Waals surface area contributed by atoms with Gasteiger partial charge < -0.3 is 9.73 Å². The zero-order valence-electron chi connectivity index (χ0n) is 15.8. The quantitative estimate of drug-likeness (QED) is 0.590. The molecule has 9 heteroatoms. The minimum Gasteiger partial charge on any atom is -0.431 e. The van der Waals surface area contributed by atoms with E-state index >= 15 is 0 Å². The van der Waals surface area contributed by atoms with Crippen LogP contribution in [-0.2, 0) is 21.2 Å². The van der Waals surface area contributed by atoms with Crippen molar-refractivity contribution in [2.45, 2.75) is 23.5 Å². The van der Waals surface area contributed by atoms with Crippen LogP contribution in [0.5, 0.6) is 0 Å². The van der Waals surface area contributed by atoms with Gasteiger partial charge in [0, 0.05) is 19.8 Å². The van der Waals surface area contributed by atoms with E-state index < -0.39 is 10.0 Å². The van der Waals surface area contributed by atoms with Gasteiger partial charge in [0.2, 0.25) is 15.9 Å². The molecular formula is C19H21N3O4S2. The molecule has 148 valence electrons. The second-order valence-electron chi connectivity index (χ2n) is 6.29. The van der Waals surface area contributed by atoms with E-state index in [9.17, 15) is 13.2 Å². The average molecular weight is 420 g/mol. The zero-order chi connectivity index (χ0) is 20.3. The van der Waals surface area contributed by atoms with Crippen LogP contribution in [-0.4, -0.2) is 43.5 Å². The molecule has 0 unspecified atom stereocenters. The normalized spacial score (nSPS) is 11.9. The van der Waals surface area contributed by atoms with E-state index in [0.717, 1.165) is 33.7 Å². The lowest BCUT2D eigenvalue weighted by molar-refractivity contribution is -0.113. The molecule has 1 N–H and O–H groups in total. The number of sulfonamides is 1. The Morgan fingerprint density at radius 3 is 2.71 bits per heavy atom. The Morgan fingerprint density at radius 2 is 2.00 bits per heavy atom. The molecule has 3 rings (SSSR count). The highest BCUT2D eigenvalue weighted by Crippen LogP contribution is 2.26. The van der Waals surface area contributed by atoms with E-state index in [2.05, 4.69) is 17.2 Å². The fraction of sp³-hybridized carbons (Fsp3) is 0.263. The maximum atomic E-state index is 12.2. The van der Waals surface area contributed by atoms with Crippen molar-refractivity contribution in [3.63, 3.8) is 0 Å². The monoisotopic (exact) mass is 419 g/mol. The number of carbonyl (C=O) groups is 1. The van der Waals surface area contributed by atoms with Crippen LogP contribution in [0.3, 0.4) is 0 Å². The third kappa shape index (κ3) is 4.54. The Hall–Kier alpha value is -2.36. The van der Waals surface area contributed by atoms with Gasteiger partial charge in [-0.25, -0.2) is 17.7 Å². The van der Waals surface area contributed by atoms with Crippen LogP contribution in [0.15, 0.2) is 57.0 Å². The summed E-state index contributed by atoms with van der Waals surface area (Å²) in [6, 6.07) is 12.2. The molecule has 7 nitrogen and oxygen atoms in total. The van der Waals surface area contributed by atoms with Gasteiger partial charge >= 0.3 is 0 Å². The molecule has 3 aromatic rings. The summed E-state index contributed by atoms with van der Waals surface area (Å²) < 4.78 is 31.2. The number of thioether (sulfide) groups is 1. The van der Waals surface area contributed by atoms with Gasteiger partial charge in [0.1, 0.15) is 5.52 Å². The number of hydrogen-bond donors (Lipinski definition) is 1. The van der Waals surface area contributed by atoms with E-state index in [1.165, 1.54) is 26.2 Å². The molecule has 1 aromatic heterocycles. The predicted octanol–water partition coefficient (Wildman–Crippen LogP) is 3.37. The fourth-order valence-corrected chi connectivity index (χ4v) is 4.07. The van der Waals surface area contributed by atoms with Crippen molar-refractivity contribution in [2.24, 2.45) is 0 Å². The Balaban J connectivity index is 1.68. The van der Waals surface area contributed by atoms with Crippen molar-refractivity contribution >= 4 is 44.5 Å². The van der Waals surface area contributed by atoms with Gasteiger partial charge in [0.15, 0.2) is 5.58 Å². The molecule has 0 saturated heterocycles. The molecule has 0 saturated carbocycles. The smallest absolute Gasteiger partial charge is 0.257 e. The van der Waals surface area contributed by atoms with Gasteiger partial charge in [0.05, 0.1) is 10.6 Å². The second kappa shape index (κ2) is 8.34. The number of rotatable bonds is 7. The summed E-state index contributed by atoms with van der Waals surface area (Å²) in [5.41, 5.74) is 2.80. The molecule has 0 radical (unpaired) electrons. The molecule has 0 aliphatic heterocycles. The topological polar surface area (TPSA) is 92.5 Å². The number of benzene rings is 2. The number of hydrogen-bond acceptors (Lipinski definition) is 6. The highest BCUT2D eigenvalue weighted by molar-refractivity contribution is 7.99. The first-order chi connectivity index (χ1) is 13.3. The number of carbonyl (C=O) groups excluding carboxylic acids is 1. The van der Waals surface area contributed by atoms with E-state index in [1.54, 1.807) is 6.07 Å². The zero-order valence-corrected chi connectivity index (χ0v) is 17.4. The minimum absolute atomic E-state index is 0.131. The first-order valence-electron chi connectivity index (χ1n) is 8.64. The minimum atomic E-state index is -3.54. The van der Waals surface area contributed by atoms with Crippen molar-refractivity contribution in [2.75, 3.05) is 25.2 Å². The molecular weight excluding hydrogens is 398 g/mol. The van der Waals surface area contributed by atoms with Crippen molar-refractivity contribution in [3.8, 4) is 0 Å². The molecule has 0 fully saturated rings. The SMILES string of the molecule is CCc1cccc(NC(=O)CSc2nc3cc(S(=O)(=O)N(C)C)ccc3o2)c1. The van der Waals surface area contributed by atoms with E-state index in [0.29, 0.717) is 16.3 Å². The van der Waals surface area contributed by atoms with Crippen molar-refractivity contribution in [1.29, 1.82) is 0 Å². The maximum absolute atomic E-state index is 12.2. The number of nitrogens with zero attached hydrogens (tertiary/aromatic N) is 2. The van der Waals surface area contributed by atoms with Crippen LogP contribution in [0, 0.1) is 0 Å². The van der Waals surface area contributed by atoms with Crippen LogP contribution in [0.2, 0.25) is 0 Å². The van der Waals surface area contributed by atoms with E-state index in [1.807, 2.05) is 24.3 Å². The van der Waals surface area contributed by atoms with Gasteiger partial charge in [-0.15, -0.1) is 0 Å². The van der Waals surface area contributed by atoms with Crippen LogP contribution in [0.25, 0.3) is 11.1 Å². The molecule has 2 aromatic carbocycles. The Labute approximate surface area is 168 Å². The predicted molar refractivity (Wildman–Crippen MR) is 110 cm³/mol. The summed E-state index contributed by atoms with van der Waals surface area (Å²) in [5, 5.41) is 3.16. The first kappa shape index (κ1) is 20.4.